The summed E-state index contributed by atoms with van der Waals surface area (Å²) in [5, 5.41) is 3.70. The van der Waals surface area contributed by atoms with Gasteiger partial charge in [0.05, 0.1) is 13.7 Å². The molecule has 24 heavy (non-hydrogen) atoms. The molecular formula is C18H17FN2O3. The normalized spacial score (nSPS) is 10.6. The third-order valence-electron chi connectivity index (χ3n) is 3.54. The molecule has 0 bridgehead atoms. The Bertz CT molecular complexity index is 843. The summed E-state index contributed by atoms with van der Waals surface area (Å²) < 4.78 is 23.4. The number of hydrogen-bond acceptors (Lipinski definition) is 3. The quantitative estimate of drug-likeness (QED) is 0.683. The molecule has 0 saturated heterocycles. The van der Waals surface area contributed by atoms with Crippen molar-refractivity contribution in [3.63, 3.8) is 0 Å². The highest BCUT2D eigenvalue weighted by Crippen LogP contribution is 2.21. The second-order valence-electron chi connectivity index (χ2n) is 5.19. The number of amides is 1. The summed E-state index contributed by atoms with van der Waals surface area (Å²) in [6.45, 7) is 0.639. The maximum Gasteiger partial charge on any atom is 0.267 e. The van der Waals surface area contributed by atoms with Crippen LogP contribution in [0, 0.1) is 5.82 Å². The molecule has 0 aliphatic carbocycles. The van der Waals surface area contributed by atoms with Gasteiger partial charge in [0.2, 0.25) is 0 Å². The van der Waals surface area contributed by atoms with Crippen LogP contribution in [0.25, 0.3) is 10.9 Å². The third-order valence-corrected chi connectivity index (χ3v) is 3.54. The van der Waals surface area contributed by atoms with E-state index in [0.29, 0.717) is 24.6 Å². The Hall–Kier alpha value is -3.02. The Labute approximate surface area is 138 Å². The molecule has 0 radical (unpaired) electrons. The number of H-pyrrole nitrogens is 1. The summed E-state index contributed by atoms with van der Waals surface area (Å²) in [5.74, 6) is 0.756. The minimum atomic E-state index is -0.314. The highest BCUT2D eigenvalue weighted by atomic mass is 19.1. The first-order valence-corrected chi connectivity index (χ1v) is 7.49. The minimum absolute atomic E-state index is 0.215. The number of nitrogens with one attached hydrogen (secondary N) is 2. The van der Waals surface area contributed by atoms with Crippen LogP contribution < -0.4 is 14.8 Å². The van der Waals surface area contributed by atoms with Crippen molar-refractivity contribution >= 4 is 16.8 Å². The van der Waals surface area contributed by atoms with E-state index in [1.807, 2.05) is 18.2 Å². The number of benzene rings is 2. The van der Waals surface area contributed by atoms with Gasteiger partial charge in [-0.1, -0.05) is 0 Å². The van der Waals surface area contributed by atoms with Gasteiger partial charge in [-0.25, -0.2) is 4.39 Å². The summed E-state index contributed by atoms with van der Waals surface area (Å²) in [6.07, 6.45) is 0. The molecule has 1 amide bonds. The maximum atomic E-state index is 12.8. The maximum absolute atomic E-state index is 12.8. The van der Waals surface area contributed by atoms with E-state index in [4.69, 9.17) is 9.47 Å². The van der Waals surface area contributed by atoms with Gasteiger partial charge in [0, 0.05) is 17.0 Å². The molecule has 0 aliphatic heterocycles. The highest BCUT2D eigenvalue weighted by Gasteiger charge is 2.09. The summed E-state index contributed by atoms with van der Waals surface area (Å²) in [6, 6.07) is 13.1. The first-order chi connectivity index (χ1) is 11.7. The molecule has 5 nitrogen and oxygen atoms in total. The molecule has 0 fully saturated rings. The monoisotopic (exact) mass is 328 g/mol. The predicted molar refractivity (Wildman–Crippen MR) is 89.1 cm³/mol. The van der Waals surface area contributed by atoms with Gasteiger partial charge in [-0.05, 0) is 42.5 Å². The lowest BCUT2D eigenvalue weighted by Gasteiger charge is -2.07. The zero-order valence-corrected chi connectivity index (χ0v) is 13.1. The van der Waals surface area contributed by atoms with Crippen molar-refractivity contribution in [1.29, 1.82) is 0 Å². The number of methoxy groups -OCH3 is 1. The van der Waals surface area contributed by atoms with Crippen LogP contribution in [0.4, 0.5) is 4.39 Å². The molecule has 6 heteroatoms. The average Bonchev–Trinajstić information content (AvgIpc) is 3.03. The fourth-order valence-electron chi connectivity index (χ4n) is 2.31. The number of fused-ring (bicyclic) bond motifs is 1. The van der Waals surface area contributed by atoms with Crippen LogP contribution in [-0.2, 0) is 0 Å². The third kappa shape index (κ3) is 3.65. The van der Waals surface area contributed by atoms with Crippen molar-refractivity contribution in [3.8, 4) is 11.5 Å². The Morgan fingerprint density at radius 3 is 2.62 bits per heavy atom. The van der Waals surface area contributed by atoms with E-state index in [0.717, 1.165) is 16.7 Å². The van der Waals surface area contributed by atoms with Crippen LogP contribution in [-0.4, -0.2) is 31.2 Å². The van der Waals surface area contributed by atoms with Gasteiger partial charge in [-0.2, -0.15) is 0 Å². The second kappa shape index (κ2) is 7.04. The first-order valence-electron chi connectivity index (χ1n) is 7.49. The van der Waals surface area contributed by atoms with E-state index in [1.165, 1.54) is 12.1 Å². The molecule has 0 aliphatic rings. The molecule has 0 atom stereocenters. The number of rotatable bonds is 6. The molecular weight excluding hydrogens is 311 g/mol. The van der Waals surface area contributed by atoms with Gasteiger partial charge in [-0.3, -0.25) is 4.79 Å². The van der Waals surface area contributed by atoms with Crippen LogP contribution in [0.1, 0.15) is 10.5 Å². The number of ether oxygens (including phenoxy) is 2. The van der Waals surface area contributed by atoms with Gasteiger partial charge in [0.25, 0.3) is 5.91 Å². The molecule has 0 spiro atoms. The SMILES string of the molecule is COc1ccc2cc(C(=O)NCCOc3ccc(F)cc3)[nH]c2c1. The van der Waals surface area contributed by atoms with Gasteiger partial charge >= 0.3 is 0 Å². The first kappa shape index (κ1) is 15.9. The highest BCUT2D eigenvalue weighted by molar-refractivity contribution is 5.98. The van der Waals surface area contributed by atoms with E-state index in [2.05, 4.69) is 10.3 Å². The molecule has 0 saturated carbocycles. The van der Waals surface area contributed by atoms with Crippen LogP contribution >= 0.6 is 0 Å². The number of carbonyl (C=O) groups is 1. The molecule has 0 unspecified atom stereocenters. The number of hydrogen-bond donors (Lipinski definition) is 2. The van der Waals surface area contributed by atoms with E-state index in [-0.39, 0.29) is 11.7 Å². The van der Waals surface area contributed by atoms with Gasteiger partial charge in [0.15, 0.2) is 0 Å². The fraction of sp³-hybridized carbons (Fsp3) is 0.167. The fourth-order valence-corrected chi connectivity index (χ4v) is 2.31. The Morgan fingerprint density at radius 1 is 1.12 bits per heavy atom. The van der Waals surface area contributed by atoms with Crippen LogP contribution in [0.2, 0.25) is 0 Å². The van der Waals surface area contributed by atoms with Crippen molar-refractivity contribution < 1.29 is 18.7 Å². The summed E-state index contributed by atoms with van der Waals surface area (Å²) in [4.78, 5) is 15.2. The molecule has 3 aromatic rings. The summed E-state index contributed by atoms with van der Waals surface area (Å²) >= 11 is 0. The van der Waals surface area contributed by atoms with E-state index in [1.54, 1.807) is 25.3 Å². The van der Waals surface area contributed by atoms with Crippen molar-refractivity contribution in [2.75, 3.05) is 20.3 Å². The molecule has 2 aromatic carbocycles. The smallest absolute Gasteiger partial charge is 0.267 e. The van der Waals surface area contributed by atoms with Crippen molar-refractivity contribution in [2.24, 2.45) is 0 Å². The lowest BCUT2D eigenvalue weighted by atomic mass is 10.2. The van der Waals surface area contributed by atoms with Gasteiger partial charge < -0.3 is 19.8 Å². The number of carbonyl (C=O) groups excluding carboxylic acids is 1. The van der Waals surface area contributed by atoms with Crippen molar-refractivity contribution in [1.82, 2.24) is 10.3 Å². The second-order valence-corrected chi connectivity index (χ2v) is 5.19. The average molecular weight is 328 g/mol. The number of halogens is 1. The number of aromatic amines is 1. The van der Waals surface area contributed by atoms with E-state index >= 15 is 0 Å². The zero-order valence-electron chi connectivity index (χ0n) is 13.1. The summed E-state index contributed by atoms with van der Waals surface area (Å²) in [7, 11) is 1.60. The Kier molecular flexibility index (Phi) is 4.65. The van der Waals surface area contributed by atoms with Gasteiger partial charge in [0.1, 0.15) is 29.6 Å². The Balaban J connectivity index is 1.54. The largest absolute Gasteiger partial charge is 0.497 e. The van der Waals surface area contributed by atoms with E-state index in [9.17, 15) is 9.18 Å². The molecule has 1 aromatic heterocycles. The van der Waals surface area contributed by atoms with Crippen molar-refractivity contribution in [2.45, 2.75) is 0 Å². The van der Waals surface area contributed by atoms with E-state index < -0.39 is 0 Å². The lowest BCUT2D eigenvalue weighted by molar-refractivity contribution is 0.0943. The molecule has 2 N–H and O–H groups in total. The lowest BCUT2D eigenvalue weighted by Crippen LogP contribution is -2.28. The molecule has 1 heterocycles. The molecule has 3 rings (SSSR count). The number of aromatic nitrogens is 1. The van der Waals surface area contributed by atoms with Crippen LogP contribution in [0.5, 0.6) is 11.5 Å². The van der Waals surface area contributed by atoms with Crippen molar-refractivity contribution in [3.05, 3.63) is 60.0 Å². The minimum Gasteiger partial charge on any atom is -0.497 e. The van der Waals surface area contributed by atoms with Gasteiger partial charge in [-0.15, -0.1) is 0 Å². The predicted octanol–water partition coefficient (Wildman–Crippen LogP) is 3.12. The summed E-state index contributed by atoms with van der Waals surface area (Å²) in [5.41, 5.74) is 1.31. The van der Waals surface area contributed by atoms with Crippen LogP contribution in [0.3, 0.4) is 0 Å². The standard InChI is InChI=1S/C18H17FN2O3/c1-23-15-5-2-12-10-17(21-16(12)11-15)18(22)20-8-9-24-14-6-3-13(19)4-7-14/h2-7,10-11,21H,8-9H2,1H3,(H,20,22). The Morgan fingerprint density at radius 2 is 1.88 bits per heavy atom. The zero-order chi connectivity index (χ0) is 16.9. The van der Waals surface area contributed by atoms with Crippen LogP contribution in [0.15, 0.2) is 48.5 Å². The topological polar surface area (TPSA) is 63.4 Å². The molecule has 124 valence electrons.